The van der Waals surface area contributed by atoms with Gasteiger partial charge in [-0.05, 0) is 17.7 Å². The highest BCUT2D eigenvalue weighted by Gasteiger charge is 2.10. The minimum atomic E-state index is -0.457. The molecule has 88 valence electrons. The van der Waals surface area contributed by atoms with E-state index in [1.54, 1.807) is 0 Å². The van der Waals surface area contributed by atoms with Gasteiger partial charge in [0.2, 0.25) is 0 Å². The maximum absolute atomic E-state index is 10.1. The van der Waals surface area contributed by atoms with Gasteiger partial charge in [-0.25, -0.2) is 0 Å². The fraction of sp³-hybridized carbons (Fsp3) is 0.200. The van der Waals surface area contributed by atoms with Gasteiger partial charge in [0.15, 0.2) is 0 Å². The van der Waals surface area contributed by atoms with E-state index in [1.807, 2.05) is 67.7 Å². The van der Waals surface area contributed by atoms with Crippen LogP contribution < -0.4 is 4.90 Å². The predicted molar refractivity (Wildman–Crippen MR) is 71.1 cm³/mol. The van der Waals surface area contributed by atoms with Gasteiger partial charge in [-0.15, -0.1) is 0 Å². The highest BCUT2D eigenvalue weighted by molar-refractivity contribution is 5.45. The number of aliphatic hydroxyl groups is 1. The Hall–Kier alpha value is -1.80. The van der Waals surface area contributed by atoms with E-state index < -0.39 is 6.10 Å². The van der Waals surface area contributed by atoms with Crippen molar-refractivity contribution in [3.05, 3.63) is 66.2 Å². The number of hydrogen-bond acceptors (Lipinski definition) is 2. The molecule has 0 saturated heterocycles. The molecule has 1 atom stereocenters. The summed E-state index contributed by atoms with van der Waals surface area (Å²) in [7, 11) is 1.99. The molecule has 0 aliphatic carbocycles. The van der Waals surface area contributed by atoms with Crippen molar-refractivity contribution in [2.75, 3.05) is 18.5 Å². The van der Waals surface area contributed by atoms with Gasteiger partial charge >= 0.3 is 0 Å². The lowest BCUT2D eigenvalue weighted by atomic mass is 10.1. The second-order valence-electron chi connectivity index (χ2n) is 4.14. The lowest BCUT2D eigenvalue weighted by molar-refractivity contribution is 0.185. The van der Waals surface area contributed by atoms with Crippen LogP contribution in [0.25, 0.3) is 0 Å². The van der Waals surface area contributed by atoms with E-state index in [-0.39, 0.29) is 0 Å². The number of para-hydroxylation sites is 1. The third-order valence-electron chi connectivity index (χ3n) is 2.83. The summed E-state index contributed by atoms with van der Waals surface area (Å²) in [5, 5.41) is 10.1. The van der Waals surface area contributed by atoms with Crippen LogP contribution in [0.1, 0.15) is 11.7 Å². The maximum atomic E-state index is 10.1. The van der Waals surface area contributed by atoms with Crippen molar-refractivity contribution in [1.29, 1.82) is 0 Å². The zero-order valence-corrected chi connectivity index (χ0v) is 9.95. The molecule has 1 N–H and O–H groups in total. The molecular formula is C15H17NO. The minimum absolute atomic E-state index is 0.457. The monoisotopic (exact) mass is 227 g/mol. The third kappa shape index (κ3) is 3.08. The molecule has 0 saturated carbocycles. The fourth-order valence-corrected chi connectivity index (χ4v) is 1.83. The van der Waals surface area contributed by atoms with E-state index in [0.29, 0.717) is 6.54 Å². The Bertz CT molecular complexity index is 397. The van der Waals surface area contributed by atoms with E-state index in [9.17, 15) is 5.11 Å². The summed E-state index contributed by atoms with van der Waals surface area (Å²) in [4.78, 5) is 2.05. The zero-order valence-electron chi connectivity index (χ0n) is 9.95. The molecule has 0 spiro atoms. The number of hydrogen-bond donors (Lipinski definition) is 1. The molecule has 0 aromatic heterocycles. The van der Waals surface area contributed by atoms with E-state index in [0.717, 1.165) is 11.3 Å². The molecule has 0 radical (unpaired) electrons. The smallest absolute Gasteiger partial charge is 0.0964 e. The second kappa shape index (κ2) is 5.51. The largest absolute Gasteiger partial charge is 0.387 e. The van der Waals surface area contributed by atoms with Crippen molar-refractivity contribution in [1.82, 2.24) is 0 Å². The van der Waals surface area contributed by atoms with Crippen molar-refractivity contribution in [2.24, 2.45) is 0 Å². The summed E-state index contributed by atoms with van der Waals surface area (Å²) in [6, 6.07) is 19.8. The van der Waals surface area contributed by atoms with Gasteiger partial charge < -0.3 is 10.0 Å². The molecule has 0 aliphatic heterocycles. The van der Waals surface area contributed by atoms with E-state index in [1.165, 1.54) is 0 Å². The zero-order chi connectivity index (χ0) is 12.1. The molecule has 17 heavy (non-hydrogen) atoms. The number of benzene rings is 2. The molecule has 2 nitrogen and oxygen atoms in total. The Morgan fingerprint density at radius 2 is 1.47 bits per heavy atom. The topological polar surface area (TPSA) is 23.5 Å². The summed E-state index contributed by atoms with van der Waals surface area (Å²) in [5.41, 5.74) is 2.07. The highest BCUT2D eigenvalue weighted by Crippen LogP contribution is 2.17. The normalized spacial score (nSPS) is 12.1. The van der Waals surface area contributed by atoms with Crippen LogP contribution in [-0.4, -0.2) is 18.7 Å². The van der Waals surface area contributed by atoms with Crippen LogP contribution >= 0.6 is 0 Å². The Kier molecular flexibility index (Phi) is 3.78. The van der Waals surface area contributed by atoms with Crippen LogP contribution in [-0.2, 0) is 0 Å². The Morgan fingerprint density at radius 3 is 2.06 bits per heavy atom. The Morgan fingerprint density at radius 1 is 0.941 bits per heavy atom. The van der Waals surface area contributed by atoms with Crippen LogP contribution in [0.3, 0.4) is 0 Å². The van der Waals surface area contributed by atoms with Crippen molar-refractivity contribution < 1.29 is 5.11 Å². The van der Waals surface area contributed by atoms with Gasteiger partial charge in [-0.3, -0.25) is 0 Å². The van der Waals surface area contributed by atoms with Gasteiger partial charge in [-0.2, -0.15) is 0 Å². The average Bonchev–Trinajstić information content (AvgIpc) is 2.40. The Labute approximate surface area is 102 Å². The van der Waals surface area contributed by atoms with Gasteiger partial charge in [0.1, 0.15) is 0 Å². The average molecular weight is 227 g/mol. The third-order valence-corrected chi connectivity index (χ3v) is 2.83. The molecule has 2 rings (SSSR count). The maximum Gasteiger partial charge on any atom is 0.0964 e. The molecule has 0 unspecified atom stereocenters. The van der Waals surface area contributed by atoms with Crippen LogP contribution in [0.5, 0.6) is 0 Å². The Balaban J connectivity index is 2.02. The summed E-state index contributed by atoms with van der Waals surface area (Å²) < 4.78 is 0. The van der Waals surface area contributed by atoms with Crippen LogP contribution in [0.4, 0.5) is 5.69 Å². The number of aliphatic hydroxyl groups excluding tert-OH is 1. The lowest BCUT2D eigenvalue weighted by Gasteiger charge is -2.22. The minimum Gasteiger partial charge on any atom is -0.387 e. The first-order valence-electron chi connectivity index (χ1n) is 5.76. The van der Waals surface area contributed by atoms with Gasteiger partial charge in [0.25, 0.3) is 0 Å². The molecular weight excluding hydrogens is 210 g/mol. The van der Waals surface area contributed by atoms with Crippen LogP contribution in [0, 0.1) is 0 Å². The molecule has 0 amide bonds. The highest BCUT2D eigenvalue weighted by atomic mass is 16.3. The number of anilines is 1. The molecule has 2 aromatic rings. The van der Waals surface area contributed by atoms with Gasteiger partial charge in [0, 0.05) is 19.3 Å². The first-order valence-corrected chi connectivity index (χ1v) is 5.76. The van der Waals surface area contributed by atoms with Gasteiger partial charge in [-0.1, -0.05) is 48.5 Å². The summed E-state index contributed by atoms with van der Waals surface area (Å²) in [5.74, 6) is 0. The predicted octanol–water partition coefficient (Wildman–Crippen LogP) is 2.86. The van der Waals surface area contributed by atoms with Crippen molar-refractivity contribution >= 4 is 5.69 Å². The number of rotatable bonds is 4. The van der Waals surface area contributed by atoms with Crippen molar-refractivity contribution in [3.8, 4) is 0 Å². The molecule has 2 heteroatoms. The van der Waals surface area contributed by atoms with Crippen LogP contribution in [0.15, 0.2) is 60.7 Å². The molecule has 0 bridgehead atoms. The van der Waals surface area contributed by atoms with Crippen molar-refractivity contribution in [2.45, 2.75) is 6.10 Å². The second-order valence-corrected chi connectivity index (χ2v) is 4.14. The standard InChI is InChI=1S/C15H17NO/c1-16(14-10-6-3-7-11-14)12-15(17)13-8-4-2-5-9-13/h2-11,15,17H,12H2,1H3/t15-/m1/s1. The summed E-state index contributed by atoms with van der Waals surface area (Å²) >= 11 is 0. The first kappa shape index (κ1) is 11.7. The fourth-order valence-electron chi connectivity index (χ4n) is 1.83. The lowest BCUT2D eigenvalue weighted by Crippen LogP contribution is -2.23. The van der Waals surface area contributed by atoms with Crippen LogP contribution in [0.2, 0.25) is 0 Å². The molecule has 0 aliphatic rings. The SMILES string of the molecule is CN(C[C@@H](O)c1ccccc1)c1ccccc1. The number of likely N-dealkylation sites (N-methyl/N-ethyl adjacent to an activating group) is 1. The molecule has 2 aromatic carbocycles. The van der Waals surface area contributed by atoms with E-state index >= 15 is 0 Å². The molecule has 0 fully saturated rings. The summed E-state index contributed by atoms with van der Waals surface area (Å²) in [6.45, 7) is 0.591. The van der Waals surface area contributed by atoms with E-state index in [4.69, 9.17) is 0 Å². The molecule has 0 heterocycles. The van der Waals surface area contributed by atoms with E-state index in [2.05, 4.69) is 4.90 Å². The van der Waals surface area contributed by atoms with Crippen molar-refractivity contribution in [3.63, 3.8) is 0 Å². The summed E-state index contributed by atoms with van der Waals surface area (Å²) in [6.07, 6.45) is -0.457. The number of nitrogens with zero attached hydrogens (tertiary/aromatic N) is 1. The van der Waals surface area contributed by atoms with Gasteiger partial charge in [0.05, 0.1) is 6.10 Å². The quantitative estimate of drug-likeness (QED) is 0.868. The first-order chi connectivity index (χ1) is 8.27.